The molecule has 1 N–H and O–H groups in total. The second-order valence-electron chi connectivity index (χ2n) is 5.17. The van der Waals surface area contributed by atoms with Crippen LogP contribution in [0.1, 0.15) is 24.6 Å². The summed E-state index contributed by atoms with van der Waals surface area (Å²) >= 11 is 6.07. The zero-order valence-electron chi connectivity index (χ0n) is 11.5. The van der Waals surface area contributed by atoms with Gasteiger partial charge in [-0.15, -0.1) is 0 Å². The van der Waals surface area contributed by atoms with E-state index < -0.39 is 0 Å². The van der Waals surface area contributed by atoms with Crippen LogP contribution in [0.4, 0.5) is 0 Å². The number of ether oxygens (including phenoxy) is 1. The molecular formula is C16H16ClNO2. The van der Waals surface area contributed by atoms with Crippen molar-refractivity contribution in [1.29, 1.82) is 0 Å². The molecule has 104 valence electrons. The summed E-state index contributed by atoms with van der Waals surface area (Å²) in [5.41, 5.74) is 4.56. The number of benzene rings is 1. The molecular weight excluding hydrogens is 274 g/mol. The van der Waals surface area contributed by atoms with Crippen molar-refractivity contribution in [1.82, 2.24) is 4.98 Å². The van der Waals surface area contributed by atoms with E-state index in [-0.39, 0.29) is 11.9 Å². The van der Waals surface area contributed by atoms with Crippen LogP contribution in [0.25, 0.3) is 17.0 Å². The van der Waals surface area contributed by atoms with Crippen molar-refractivity contribution in [3.63, 3.8) is 0 Å². The molecule has 1 heterocycles. The number of fused-ring (bicyclic) bond motifs is 3. The van der Waals surface area contributed by atoms with Crippen LogP contribution >= 0.6 is 11.6 Å². The first-order chi connectivity index (χ1) is 9.60. The van der Waals surface area contributed by atoms with E-state index in [1.54, 1.807) is 0 Å². The quantitative estimate of drug-likeness (QED) is 0.850. The lowest BCUT2D eigenvalue weighted by atomic mass is 9.88. The fraction of sp³-hybridized carbons (Fsp3) is 0.312. The van der Waals surface area contributed by atoms with Crippen LogP contribution < -0.4 is 0 Å². The second-order valence-corrected chi connectivity index (χ2v) is 5.61. The molecule has 0 amide bonds. The summed E-state index contributed by atoms with van der Waals surface area (Å²) in [5.74, 6) is -0.373. The number of hydrogen-bond donors (Lipinski definition) is 1. The number of aryl methyl sites for hydroxylation is 1. The molecule has 0 fully saturated rings. The Morgan fingerprint density at radius 3 is 2.95 bits per heavy atom. The van der Waals surface area contributed by atoms with Crippen LogP contribution in [0.15, 0.2) is 23.8 Å². The number of aromatic amines is 1. The highest BCUT2D eigenvalue weighted by molar-refractivity contribution is 6.31. The Kier molecular flexibility index (Phi) is 3.30. The van der Waals surface area contributed by atoms with Crippen molar-refractivity contribution in [3.05, 3.63) is 40.1 Å². The van der Waals surface area contributed by atoms with Gasteiger partial charge >= 0.3 is 5.97 Å². The van der Waals surface area contributed by atoms with E-state index in [0.29, 0.717) is 0 Å². The molecule has 20 heavy (non-hydrogen) atoms. The van der Waals surface area contributed by atoms with Crippen LogP contribution in [0.3, 0.4) is 0 Å². The molecule has 1 aliphatic rings. The van der Waals surface area contributed by atoms with E-state index >= 15 is 0 Å². The second kappa shape index (κ2) is 4.98. The average Bonchev–Trinajstić information content (AvgIpc) is 2.82. The summed E-state index contributed by atoms with van der Waals surface area (Å²) in [6, 6.07) is 5.87. The minimum absolute atomic E-state index is 0.182. The third-order valence-corrected chi connectivity index (χ3v) is 4.24. The van der Waals surface area contributed by atoms with Crippen molar-refractivity contribution < 1.29 is 9.53 Å². The first-order valence-electron chi connectivity index (χ1n) is 6.68. The van der Waals surface area contributed by atoms with Crippen LogP contribution in [0.2, 0.25) is 5.02 Å². The van der Waals surface area contributed by atoms with Gasteiger partial charge in [-0.05, 0) is 49.6 Å². The minimum atomic E-state index is -0.192. The summed E-state index contributed by atoms with van der Waals surface area (Å²) < 4.78 is 4.82. The van der Waals surface area contributed by atoms with Crippen molar-refractivity contribution in [3.8, 4) is 0 Å². The van der Waals surface area contributed by atoms with Gasteiger partial charge < -0.3 is 9.72 Å². The van der Waals surface area contributed by atoms with Crippen molar-refractivity contribution >= 4 is 34.5 Å². The molecule has 1 aromatic heterocycles. The number of carbonyl (C=O) groups excluding carboxylic acids is 1. The number of H-pyrrole nitrogens is 1. The predicted octanol–water partition coefficient (Wildman–Crippen LogP) is 3.96. The van der Waals surface area contributed by atoms with Crippen LogP contribution in [0.5, 0.6) is 0 Å². The summed E-state index contributed by atoms with van der Waals surface area (Å²) in [6.07, 6.45) is 3.87. The van der Waals surface area contributed by atoms with Gasteiger partial charge in [0.05, 0.1) is 13.0 Å². The summed E-state index contributed by atoms with van der Waals surface area (Å²) in [5, 5.41) is 1.92. The molecule has 0 saturated heterocycles. The number of nitrogens with one attached hydrogen (secondary N) is 1. The van der Waals surface area contributed by atoms with Gasteiger partial charge in [-0.2, -0.15) is 0 Å². The van der Waals surface area contributed by atoms with Crippen molar-refractivity contribution in [2.24, 2.45) is 5.92 Å². The molecule has 0 bridgehead atoms. The highest BCUT2D eigenvalue weighted by atomic mass is 35.5. The largest absolute Gasteiger partial charge is 0.469 e. The van der Waals surface area contributed by atoms with Gasteiger partial charge in [0.15, 0.2) is 0 Å². The fourth-order valence-electron chi connectivity index (χ4n) is 2.83. The van der Waals surface area contributed by atoms with E-state index in [1.807, 2.05) is 25.1 Å². The molecule has 1 aliphatic carbocycles. The summed E-state index contributed by atoms with van der Waals surface area (Å²) in [7, 11) is 1.43. The summed E-state index contributed by atoms with van der Waals surface area (Å²) in [4.78, 5) is 15.0. The molecule has 2 aromatic rings. The summed E-state index contributed by atoms with van der Waals surface area (Å²) in [6.45, 7) is 1.89. The van der Waals surface area contributed by atoms with E-state index in [2.05, 4.69) is 11.1 Å². The normalized spacial score (nSPS) is 15.7. The van der Waals surface area contributed by atoms with Crippen LogP contribution in [-0.4, -0.2) is 18.1 Å². The molecule has 1 unspecified atom stereocenters. The predicted molar refractivity (Wildman–Crippen MR) is 80.8 cm³/mol. The monoisotopic (exact) mass is 289 g/mol. The van der Waals surface area contributed by atoms with Gasteiger partial charge in [0.2, 0.25) is 0 Å². The lowest BCUT2D eigenvalue weighted by Gasteiger charge is -2.18. The first kappa shape index (κ1) is 13.3. The topological polar surface area (TPSA) is 42.1 Å². The van der Waals surface area contributed by atoms with Gasteiger partial charge in [-0.25, -0.2) is 0 Å². The Balaban J connectivity index is 2.05. The highest BCUT2D eigenvalue weighted by Crippen LogP contribution is 2.34. The fourth-order valence-corrected chi connectivity index (χ4v) is 3.00. The molecule has 0 radical (unpaired) electrons. The average molecular weight is 290 g/mol. The van der Waals surface area contributed by atoms with Crippen molar-refractivity contribution in [2.75, 3.05) is 7.11 Å². The van der Waals surface area contributed by atoms with Crippen LogP contribution in [0, 0.1) is 5.92 Å². The van der Waals surface area contributed by atoms with E-state index in [4.69, 9.17) is 16.3 Å². The number of halogens is 1. The van der Waals surface area contributed by atoms with Crippen LogP contribution in [-0.2, 0) is 16.0 Å². The van der Waals surface area contributed by atoms with E-state index in [1.165, 1.54) is 18.1 Å². The van der Waals surface area contributed by atoms with Crippen molar-refractivity contribution in [2.45, 2.75) is 19.8 Å². The lowest BCUT2D eigenvalue weighted by molar-refractivity contribution is -0.143. The molecule has 0 saturated carbocycles. The maximum absolute atomic E-state index is 11.6. The number of esters is 1. The Labute approximate surface area is 122 Å². The van der Waals surface area contributed by atoms with Gasteiger partial charge in [-0.3, -0.25) is 4.79 Å². The molecule has 1 aromatic carbocycles. The Morgan fingerprint density at radius 1 is 1.40 bits per heavy atom. The standard InChI is InChI=1S/C16H16ClNO2/c1-9(16(19)20-2)10-3-5-12-13-8-11(17)4-6-14(13)18-15(12)7-10/h4,6-9,18H,3,5H2,1-2H3. The van der Waals surface area contributed by atoms with E-state index in [9.17, 15) is 4.79 Å². The third-order valence-electron chi connectivity index (χ3n) is 4.01. The Morgan fingerprint density at radius 2 is 2.20 bits per heavy atom. The SMILES string of the molecule is COC(=O)C(C)C1=Cc2[nH]c3ccc(Cl)cc3c2CC1. The Hall–Kier alpha value is -1.74. The maximum Gasteiger partial charge on any atom is 0.312 e. The minimum Gasteiger partial charge on any atom is -0.469 e. The Bertz CT molecular complexity index is 715. The van der Waals surface area contributed by atoms with Gasteiger partial charge in [0.1, 0.15) is 0 Å². The highest BCUT2D eigenvalue weighted by Gasteiger charge is 2.23. The van der Waals surface area contributed by atoms with Gasteiger partial charge in [-0.1, -0.05) is 17.2 Å². The first-order valence-corrected chi connectivity index (χ1v) is 7.06. The number of methoxy groups -OCH3 is 1. The number of aromatic nitrogens is 1. The zero-order chi connectivity index (χ0) is 14.3. The molecule has 3 nitrogen and oxygen atoms in total. The number of carbonyl (C=O) groups is 1. The molecule has 0 spiro atoms. The number of hydrogen-bond acceptors (Lipinski definition) is 2. The van der Waals surface area contributed by atoms with Gasteiger partial charge in [0.25, 0.3) is 0 Å². The molecule has 3 rings (SSSR count). The lowest BCUT2D eigenvalue weighted by Crippen LogP contribution is -2.17. The zero-order valence-corrected chi connectivity index (χ0v) is 12.3. The molecule has 0 aliphatic heterocycles. The molecule has 4 heteroatoms. The van der Waals surface area contributed by atoms with Gasteiger partial charge in [0, 0.05) is 21.6 Å². The molecule has 1 atom stereocenters. The smallest absolute Gasteiger partial charge is 0.312 e. The number of rotatable bonds is 2. The van der Waals surface area contributed by atoms with E-state index in [0.717, 1.165) is 34.6 Å². The third kappa shape index (κ3) is 2.12. The maximum atomic E-state index is 11.6.